The summed E-state index contributed by atoms with van der Waals surface area (Å²) < 4.78 is 54.2. The van der Waals surface area contributed by atoms with Crippen molar-refractivity contribution in [2.75, 3.05) is 0 Å². The van der Waals surface area contributed by atoms with E-state index in [2.05, 4.69) is 10.3 Å². The molecule has 0 aliphatic heterocycles. The van der Waals surface area contributed by atoms with E-state index in [0.29, 0.717) is 5.69 Å². The Balaban J connectivity index is 1.92. The van der Waals surface area contributed by atoms with Crippen molar-refractivity contribution in [3.63, 3.8) is 0 Å². The molecular formula is C27H20F4N2O. The summed E-state index contributed by atoms with van der Waals surface area (Å²) in [6.45, 7) is 0. The standard InChI is InChI=1S/C27H20F4N2O/c28-23-14-12-20(13-15-23)25(34)33-26(24-11-4-5-16-32-24,18-19-7-2-1-3-8-19)21-9-6-10-22(17-21)27(29,30)31/h1-17H,18H2,(H,33,34). The minimum absolute atomic E-state index is 0.138. The summed E-state index contributed by atoms with van der Waals surface area (Å²) >= 11 is 0. The number of alkyl halides is 3. The predicted octanol–water partition coefficient (Wildman–Crippen LogP) is 6.16. The number of rotatable bonds is 6. The Labute approximate surface area is 194 Å². The number of hydrogen-bond donors (Lipinski definition) is 1. The average Bonchev–Trinajstić information content (AvgIpc) is 2.85. The summed E-state index contributed by atoms with van der Waals surface area (Å²) in [4.78, 5) is 17.7. The number of amides is 1. The van der Waals surface area contributed by atoms with Crippen LogP contribution in [0, 0.1) is 5.82 Å². The SMILES string of the molecule is O=C(NC(Cc1ccccc1)(c1cccc(C(F)(F)F)c1)c1ccccn1)c1ccc(F)cc1. The van der Waals surface area contributed by atoms with Gasteiger partial charge in [0.25, 0.3) is 5.91 Å². The Morgan fingerprint density at radius 1 is 0.794 bits per heavy atom. The summed E-state index contributed by atoms with van der Waals surface area (Å²) in [6, 6.07) is 24.0. The molecule has 4 rings (SSSR count). The van der Waals surface area contributed by atoms with Gasteiger partial charge in [-0.05, 0) is 59.7 Å². The second-order valence-corrected chi connectivity index (χ2v) is 7.82. The van der Waals surface area contributed by atoms with E-state index in [0.717, 1.165) is 29.8 Å². The molecule has 7 heteroatoms. The molecule has 1 amide bonds. The Kier molecular flexibility index (Phi) is 6.45. The zero-order valence-corrected chi connectivity index (χ0v) is 17.9. The second-order valence-electron chi connectivity index (χ2n) is 7.82. The summed E-state index contributed by atoms with van der Waals surface area (Å²) in [6.07, 6.45) is -2.91. The Morgan fingerprint density at radius 2 is 1.47 bits per heavy atom. The molecule has 0 aliphatic rings. The first-order valence-electron chi connectivity index (χ1n) is 10.5. The van der Waals surface area contributed by atoms with E-state index in [-0.39, 0.29) is 17.5 Å². The summed E-state index contributed by atoms with van der Waals surface area (Å²) in [5.74, 6) is -1.08. The highest BCUT2D eigenvalue weighted by molar-refractivity contribution is 5.95. The van der Waals surface area contributed by atoms with Crippen LogP contribution in [0.25, 0.3) is 0 Å². The molecule has 34 heavy (non-hydrogen) atoms. The number of benzene rings is 3. The van der Waals surface area contributed by atoms with Gasteiger partial charge in [-0.2, -0.15) is 13.2 Å². The molecule has 1 heterocycles. The van der Waals surface area contributed by atoms with Gasteiger partial charge >= 0.3 is 6.18 Å². The minimum Gasteiger partial charge on any atom is -0.337 e. The maximum absolute atomic E-state index is 13.6. The third-order valence-electron chi connectivity index (χ3n) is 5.53. The second kappa shape index (κ2) is 9.47. The van der Waals surface area contributed by atoms with E-state index >= 15 is 0 Å². The van der Waals surface area contributed by atoms with Crippen molar-refractivity contribution in [3.05, 3.63) is 137 Å². The highest BCUT2D eigenvalue weighted by atomic mass is 19.4. The molecule has 0 radical (unpaired) electrons. The Bertz CT molecular complexity index is 1260. The zero-order chi connectivity index (χ0) is 24.2. The maximum Gasteiger partial charge on any atom is 0.416 e. The van der Waals surface area contributed by atoms with Crippen LogP contribution in [-0.4, -0.2) is 10.9 Å². The van der Waals surface area contributed by atoms with E-state index in [9.17, 15) is 22.4 Å². The summed E-state index contributed by atoms with van der Waals surface area (Å²) in [5.41, 5.74) is -0.731. The monoisotopic (exact) mass is 464 g/mol. The quantitative estimate of drug-likeness (QED) is 0.348. The molecule has 3 nitrogen and oxygen atoms in total. The predicted molar refractivity (Wildman–Crippen MR) is 120 cm³/mol. The molecule has 1 N–H and O–H groups in total. The number of carbonyl (C=O) groups excluding carboxylic acids is 1. The van der Waals surface area contributed by atoms with Gasteiger partial charge < -0.3 is 5.32 Å². The van der Waals surface area contributed by atoms with Crippen LogP contribution in [0.3, 0.4) is 0 Å². The van der Waals surface area contributed by atoms with Gasteiger partial charge in [0.15, 0.2) is 0 Å². The lowest BCUT2D eigenvalue weighted by Crippen LogP contribution is -2.49. The lowest BCUT2D eigenvalue weighted by atomic mass is 9.79. The first-order valence-corrected chi connectivity index (χ1v) is 10.5. The molecule has 1 unspecified atom stereocenters. The van der Waals surface area contributed by atoms with Crippen LogP contribution >= 0.6 is 0 Å². The van der Waals surface area contributed by atoms with Crippen LogP contribution in [0.4, 0.5) is 17.6 Å². The molecule has 0 spiro atoms. The highest BCUT2D eigenvalue weighted by Crippen LogP contribution is 2.37. The molecule has 1 aromatic heterocycles. The average molecular weight is 464 g/mol. The van der Waals surface area contributed by atoms with Crippen molar-refractivity contribution >= 4 is 5.91 Å². The van der Waals surface area contributed by atoms with Gasteiger partial charge in [-0.15, -0.1) is 0 Å². The number of halogens is 4. The zero-order valence-electron chi connectivity index (χ0n) is 17.9. The van der Waals surface area contributed by atoms with Crippen molar-refractivity contribution in [1.82, 2.24) is 10.3 Å². The molecule has 4 aromatic rings. The number of carbonyl (C=O) groups is 1. The van der Waals surface area contributed by atoms with Crippen molar-refractivity contribution in [1.29, 1.82) is 0 Å². The lowest BCUT2D eigenvalue weighted by molar-refractivity contribution is -0.137. The fraction of sp³-hybridized carbons (Fsp3) is 0.111. The van der Waals surface area contributed by atoms with Crippen LogP contribution in [0.15, 0.2) is 103 Å². The van der Waals surface area contributed by atoms with Gasteiger partial charge in [-0.25, -0.2) is 4.39 Å². The van der Waals surface area contributed by atoms with Crippen molar-refractivity contribution in [3.8, 4) is 0 Å². The smallest absolute Gasteiger partial charge is 0.337 e. The van der Waals surface area contributed by atoms with Gasteiger partial charge in [0, 0.05) is 18.2 Å². The lowest BCUT2D eigenvalue weighted by Gasteiger charge is -2.36. The molecule has 0 fully saturated rings. The fourth-order valence-corrected chi connectivity index (χ4v) is 3.87. The summed E-state index contributed by atoms with van der Waals surface area (Å²) in [7, 11) is 0. The highest BCUT2D eigenvalue weighted by Gasteiger charge is 2.40. The van der Waals surface area contributed by atoms with Gasteiger partial charge in [-0.3, -0.25) is 9.78 Å². The van der Waals surface area contributed by atoms with Crippen molar-refractivity contribution < 1.29 is 22.4 Å². The van der Waals surface area contributed by atoms with E-state index in [4.69, 9.17) is 0 Å². The Morgan fingerprint density at radius 3 is 2.12 bits per heavy atom. The third kappa shape index (κ3) is 4.98. The molecule has 0 aliphatic carbocycles. The van der Waals surface area contributed by atoms with Crippen molar-refractivity contribution in [2.24, 2.45) is 0 Å². The number of pyridine rings is 1. The van der Waals surface area contributed by atoms with Crippen LogP contribution in [0.2, 0.25) is 0 Å². The van der Waals surface area contributed by atoms with E-state index in [1.165, 1.54) is 30.5 Å². The first-order chi connectivity index (χ1) is 16.3. The number of aromatic nitrogens is 1. The minimum atomic E-state index is -4.57. The molecule has 3 aromatic carbocycles. The maximum atomic E-state index is 13.6. The van der Waals surface area contributed by atoms with Crippen LogP contribution in [0.5, 0.6) is 0 Å². The van der Waals surface area contributed by atoms with Gasteiger partial charge in [0.1, 0.15) is 11.4 Å². The molecule has 172 valence electrons. The number of nitrogens with one attached hydrogen (secondary N) is 1. The van der Waals surface area contributed by atoms with Gasteiger partial charge in [0.05, 0.1) is 11.3 Å². The Hall–Kier alpha value is -4.00. The topological polar surface area (TPSA) is 42.0 Å². The third-order valence-corrected chi connectivity index (χ3v) is 5.53. The normalized spacial score (nSPS) is 13.2. The van der Waals surface area contributed by atoms with Crippen LogP contribution in [-0.2, 0) is 18.1 Å². The molecular weight excluding hydrogens is 444 g/mol. The number of hydrogen-bond acceptors (Lipinski definition) is 2. The molecule has 0 saturated heterocycles. The number of nitrogens with zero attached hydrogens (tertiary/aromatic N) is 1. The summed E-state index contributed by atoms with van der Waals surface area (Å²) in [5, 5.41) is 2.93. The van der Waals surface area contributed by atoms with Crippen molar-refractivity contribution in [2.45, 2.75) is 18.1 Å². The molecule has 0 saturated carbocycles. The van der Waals surface area contributed by atoms with E-state index < -0.39 is 29.0 Å². The molecule has 1 atom stereocenters. The van der Waals surface area contributed by atoms with Crippen LogP contribution in [0.1, 0.15) is 32.7 Å². The van der Waals surface area contributed by atoms with Crippen LogP contribution < -0.4 is 5.32 Å². The van der Waals surface area contributed by atoms with Gasteiger partial charge in [-0.1, -0.05) is 48.5 Å². The largest absolute Gasteiger partial charge is 0.416 e. The van der Waals surface area contributed by atoms with E-state index in [1.54, 1.807) is 18.2 Å². The van der Waals surface area contributed by atoms with E-state index in [1.807, 2.05) is 30.3 Å². The van der Waals surface area contributed by atoms with Gasteiger partial charge in [0.2, 0.25) is 0 Å². The molecule has 0 bridgehead atoms. The fourth-order valence-electron chi connectivity index (χ4n) is 3.87. The first kappa shape index (κ1) is 23.2.